The van der Waals surface area contributed by atoms with Crippen LogP contribution in [-0.4, -0.2) is 29.8 Å². The van der Waals surface area contributed by atoms with Gasteiger partial charge in [-0.3, -0.25) is 5.10 Å². The van der Waals surface area contributed by atoms with Crippen molar-refractivity contribution in [1.82, 2.24) is 29.8 Å². The van der Waals surface area contributed by atoms with E-state index >= 15 is 0 Å². The van der Waals surface area contributed by atoms with Crippen LogP contribution in [0, 0.1) is 6.92 Å². The van der Waals surface area contributed by atoms with Crippen LogP contribution in [0.5, 0.6) is 0 Å². The molecule has 5 aromatic rings. The summed E-state index contributed by atoms with van der Waals surface area (Å²) in [6, 6.07) is 22.2. The van der Waals surface area contributed by atoms with Gasteiger partial charge in [0.05, 0.1) is 5.69 Å². The molecule has 0 spiro atoms. The van der Waals surface area contributed by atoms with Gasteiger partial charge in [-0.25, -0.2) is 4.98 Å². The number of aromatic amines is 1. The molecule has 0 atom stereocenters. The van der Waals surface area contributed by atoms with Gasteiger partial charge < -0.3 is 5.32 Å². The highest BCUT2D eigenvalue weighted by molar-refractivity contribution is 9.10. The number of aryl methyl sites for hydroxylation is 1. The summed E-state index contributed by atoms with van der Waals surface area (Å²) in [6.45, 7) is 1.94. The largest absolute Gasteiger partial charge is 0.323 e. The van der Waals surface area contributed by atoms with E-state index in [9.17, 15) is 0 Å². The van der Waals surface area contributed by atoms with Crippen LogP contribution in [0.15, 0.2) is 76.4 Å². The number of anilines is 2. The Morgan fingerprint density at radius 3 is 2.65 bits per heavy atom. The van der Waals surface area contributed by atoms with Crippen molar-refractivity contribution in [1.29, 1.82) is 0 Å². The number of hydrogen-bond acceptors (Lipinski definition) is 6. The van der Waals surface area contributed by atoms with Gasteiger partial charge in [0.1, 0.15) is 5.82 Å². The van der Waals surface area contributed by atoms with E-state index in [-0.39, 0.29) is 0 Å². The Hall–Kier alpha value is -3.17. The molecule has 7 nitrogen and oxygen atoms in total. The lowest BCUT2D eigenvalue weighted by atomic mass is 10.2. The summed E-state index contributed by atoms with van der Waals surface area (Å²) >= 11 is 5.04. The number of hydrogen-bond donors (Lipinski definition) is 2. The van der Waals surface area contributed by atoms with E-state index in [1.54, 1.807) is 16.3 Å². The minimum atomic E-state index is 0.555. The molecular formula is C22H18BrN7S. The predicted octanol–water partition coefficient (Wildman–Crippen LogP) is 5.62. The molecule has 154 valence electrons. The standard InChI is InChI=1S/C22H18BrN7S/c1-14-11-20(25-19-12-18(27-28-19)16-5-3-2-4-6-16)30-21(24-14)26-22(29-30)31-13-15-7-9-17(23)10-8-15/h2-12H,13H2,1H3,(H2,25,27,28). The number of nitrogens with one attached hydrogen (secondary N) is 2. The molecule has 0 saturated carbocycles. The minimum Gasteiger partial charge on any atom is -0.323 e. The van der Waals surface area contributed by atoms with Crippen molar-refractivity contribution in [3.8, 4) is 11.3 Å². The number of benzene rings is 2. The van der Waals surface area contributed by atoms with Crippen LogP contribution in [0.4, 0.5) is 11.6 Å². The van der Waals surface area contributed by atoms with E-state index in [2.05, 4.69) is 58.6 Å². The maximum absolute atomic E-state index is 4.64. The molecule has 0 unspecified atom stereocenters. The summed E-state index contributed by atoms with van der Waals surface area (Å²) in [5.41, 5.74) is 4.08. The molecule has 31 heavy (non-hydrogen) atoms. The molecular weight excluding hydrogens is 474 g/mol. The molecule has 2 N–H and O–H groups in total. The highest BCUT2D eigenvalue weighted by Gasteiger charge is 2.12. The fourth-order valence-electron chi connectivity index (χ4n) is 3.13. The van der Waals surface area contributed by atoms with Crippen LogP contribution in [0.3, 0.4) is 0 Å². The van der Waals surface area contributed by atoms with Crippen molar-refractivity contribution < 1.29 is 0 Å². The summed E-state index contributed by atoms with van der Waals surface area (Å²) < 4.78 is 2.78. The maximum Gasteiger partial charge on any atom is 0.255 e. The van der Waals surface area contributed by atoms with Crippen LogP contribution in [-0.2, 0) is 5.75 Å². The third kappa shape index (κ3) is 4.47. The number of aromatic nitrogens is 6. The second-order valence-electron chi connectivity index (χ2n) is 6.96. The van der Waals surface area contributed by atoms with E-state index in [0.717, 1.165) is 33.0 Å². The quantitative estimate of drug-likeness (QED) is 0.300. The first-order valence-corrected chi connectivity index (χ1v) is 11.4. The average Bonchev–Trinajstić information content (AvgIpc) is 3.41. The molecule has 5 rings (SSSR count). The fourth-order valence-corrected chi connectivity index (χ4v) is 4.17. The first-order valence-electron chi connectivity index (χ1n) is 9.63. The Labute approximate surface area is 191 Å². The second kappa shape index (κ2) is 8.52. The van der Waals surface area contributed by atoms with E-state index in [1.807, 2.05) is 61.5 Å². The zero-order chi connectivity index (χ0) is 21.2. The third-order valence-electron chi connectivity index (χ3n) is 4.62. The van der Waals surface area contributed by atoms with Gasteiger partial charge in [0.2, 0.25) is 5.16 Å². The topological polar surface area (TPSA) is 83.8 Å². The van der Waals surface area contributed by atoms with Crippen LogP contribution in [0.25, 0.3) is 17.0 Å². The number of thioether (sulfide) groups is 1. The number of halogens is 1. The van der Waals surface area contributed by atoms with Crippen molar-refractivity contribution in [2.45, 2.75) is 17.8 Å². The van der Waals surface area contributed by atoms with Gasteiger partial charge in [-0.2, -0.15) is 14.6 Å². The molecule has 9 heteroatoms. The predicted molar refractivity (Wildman–Crippen MR) is 127 cm³/mol. The normalized spacial score (nSPS) is 11.2. The number of H-pyrrole nitrogens is 1. The van der Waals surface area contributed by atoms with E-state index in [1.165, 1.54) is 5.56 Å². The van der Waals surface area contributed by atoms with Gasteiger partial charge in [-0.15, -0.1) is 5.10 Å². The molecule has 0 fully saturated rings. The SMILES string of the molecule is Cc1cc(Nc2cc(-c3ccccc3)[nH]n2)n2nc(SCc3ccc(Br)cc3)nc2n1. The van der Waals surface area contributed by atoms with Gasteiger partial charge in [0.25, 0.3) is 5.78 Å². The molecule has 0 radical (unpaired) electrons. The smallest absolute Gasteiger partial charge is 0.255 e. The van der Waals surface area contributed by atoms with Crippen molar-refractivity contribution in [2.24, 2.45) is 0 Å². The average molecular weight is 492 g/mol. The summed E-state index contributed by atoms with van der Waals surface area (Å²) in [5.74, 6) is 2.80. The van der Waals surface area contributed by atoms with Gasteiger partial charge in [0, 0.05) is 28.1 Å². The van der Waals surface area contributed by atoms with Crippen molar-refractivity contribution >= 4 is 45.1 Å². The summed E-state index contributed by atoms with van der Waals surface area (Å²) in [6.07, 6.45) is 0. The maximum atomic E-state index is 4.64. The molecule has 0 aliphatic carbocycles. The van der Waals surface area contributed by atoms with Crippen LogP contribution in [0.1, 0.15) is 11.3 Å². The van der Waals surface area contributed by atoms with Gasteiger partial charge in [-0.05, 0) is 30.2 Å². The first-order chi connectivity index (χ1) is 15.1. The lowest BCUT2D eigenvalue weighted by Gasteiger charge is -2.05. The molecule has 0 saturated heterocycles. The Kier molecular flexibility index (Phi) is 5.44. The highest BCUT2D eigenvalue weighted by atomic mass is 79.9. The fraction of sp³-hybridized carbons (Fsp3) is 0.0909. The molecule has 0 aliphatic heterocycles. The first kappa shape index (κ1) is 19.8. The van der Waals surface area contributed by atoms with Crippen LogP contribution >= 0.6 is 27.7 Å². The van der Waals surface area contributed by atoms with Crippen molar-refractivity contribution in [3.05, 3.63) is 82.5 Å². The van der Waals surface area contributed by atoms with Crippen LogP contribution < -0.4 is 5.32 Å². The summed E-state index contributed by atoms with van der Waals surface area (Å²) in [7, 11) is 0. The Bertz CT molecular complexity index is 1330. The van der Waals surface area contributed by atoms with Crippen LogP contribution in [0.2, 0.25) is 0 Å². The minimum absolute atomic E-state index is 0.555. The summed E-state index contributed by atoms with van der Waals surface area (Å²) in [4.78, 5) is 9.11. The van der Waals surface area contributed by atoms with Gasteiger partial charge in [-0.1, -0.05) is 70.2 Å². The van der Waals surface area contributed by atoms with Crippen molar-refractivity contribution in [2.75, 3.05) is 5.32 Å². The lowest BCUT2D eigenvalue weighted by Crippen LogP contribution is -2.02. The lowest BCUT2D eigenvalue weighted by molar-refractivity contribution is 0.881. The zero-order valence-corrected chi connectivity index (χ0v) is 19.0. The zero-order valence-electron chi connectivity index (χ0n) is 16.6. The Morgan fingerprint density at radius 2 is 1.84 bits per heavy atom. The van der Waals surface area contributed by atoms with Gasteiger partial charge >= 0.3 is 0 Å². The number of rotatable bonds is 6. The molecule has 3 aromatic heterocycles. The Balaban J connectivity index is 1.38. The third-order valence-corrected chi connectivity index (χ3v) is 6.06. The van der Waals surface area contributed by atoms with E-state index in [4.69, 9.17) is 0 Å². The van der Waals surface area contributed by atoms with Gasteiger partial charge in [0.15, 0.2) is 5.82 Å². The highest BCUT2D eigenvalue weighted by Crippen LogP contribution is 2.25. The molecule has 0 aliphatic rings. The molecule has 0 amide bonds. The Morgan fingerprint density at radius 1 is 1.03 bits per heavy atom. The van der Waals surface area contributed by atoms with E-state index in [0.29, 0.717) is 16.8 Å². The molecule has 0 bridgehead atoms. The molecule has 3 heterocycles. The number of fused-ring (bicyclic) bond motifs is 1. The monoisotopic (exact) mass is 491 g/mol. The van der Waals surface area contributed by atoms with E-state index < -0.39 is 0 Å². The summed E-state index contributed by atoms with van der Waals surface area (Å²) in [5, 5.41) is 16.1. The van der Waals surface area contributed by atoms with Crippen molar-refractivity contribution in [3.63, 3.8) is 0 Å². The molecule has 2 aromatic carbocycles. The second-order valence-corrected chi connectivity index (χ2v) is 8.82. The number of nitrogens with zero attached hydrogens (tertiary/aromatic N) is 5.